The van der Waals surface area contributed by atoms with Gasteiger partial charge in [0.25, 0.3) is 0 Å². The van der Waals surface area contributed by atoms with Crippen LogP contribution in [0.4, 0.5) is 5.82 Å². The monoisotopic (exact) mass is 355 g/mol. The summed E-state index contributed by atoms with van der Waals surface area (Å²) in [6.07, 6.45) is 6.01. The smallest absolute Gasteiger partial charge is 0.230 e. The Balaban J connectivity index is 1.49. The standard InChI is InChI=1S/C19H25N5O2/c1-26-13-12-23-17-5-9-21-24(17)19(14-18(23)25)6-10-22(11-7-19)15-16-4-2-3-8-20-16/h2-5,8-9H,6-7,10-15H2,1H3. The second-order valence-corrected chi connectivity index (χ2v) is 7.14. The Morgan fingerprint density at radius 3 is 2.77 bits per heavy atom. The Labute approximate surface area is 153 Å². The van der Waals surface area contributed by atoms with E-state index in [9.17, 15) is 4.79 Å². The Hall–Kier alpha value is -2.25. The molecule has 0 radical (unpaired) electrons. The van der Waals surface area contributed by atoms with E-state index < -0.39 is 0 Å². The quantitative estimate of drug-likeness (QED) is 0.816. The fraction of sp³-hybridized carbons (Fsp3) is 0.526. The van der Waals surface area contributed by atoms with Gasteiger partial charge in [0.15, 0.2) is 0 Å². The van der Waals surface area contributed by atoms with E-state index in [2.05, 4.69) is 25.7 Å². The Morgan fingerprint density at radius 1 is 1.19 bits per heavy atom. The van der Waals surface area contributed by atoms with E-state index in [1.165, 1.54) is 0 Å². The summed E-state index contributed by atoms with van der Waals surface area (Å²) in [5.74, 6) is 1.07. The van der Waals surface area contributed by atoms with Crippen LogP contribution in [0, 0.1) is 0 Å². The summed E-state index contributed by atoms with van der Waals surface area (Å²) >= 11 is 0. The lowest BCUT2D eigenvalue weighted by Crippen LogP contribution is -2.54. The maximum Gasteiger partial charge on any atom is 0.230 e. The number of amides is 1. The molecule has 0 bridgehead atoms. The van der Waals surface area contributed by atoms with Crippen molar-refractivity contribution in [3.63, 3.8) is 0 Å². The van der Waals surface area contributed by atoms with Gasteiger partial charge in [0.2, 0.25) is 5.91 Å². The molecule has 0 unspecified atom stereocenters. The topological polar surface area (TPSA) is 63.5 Å². The van der Waals surface area contributed by atoms with Crippen LogP contribution >= 0.6 is 0 Å². The normalized spacial score (nSPS) is 19.7. The number of likely N-dealkylation sites (tertiary alicyclic amines) is 1. The van der Waals surface area contributed by atoms with Crippen LogP contribution in [0.3, 0.4) is 0 Å². The SMILES string of the molecule is COCCN1C(=O)CC2(CCN(Cc3ccccn3)CC2)n2nccc21. The predicted molar refractivity (Wildman–Crippen MR) is 97.8 cm³/mol. The van der Waals surface area contributed by atoms with E-state index >= 15 is 0 Å². The molecule has 0 atom stereocenters. The van der Waals surface area contributed by atoms with Crippen LogP contribution < -0.4 is 4.90 Å². The maximum absolute atomic E-state index is 12.8. The predicted octanol–water partition coefficient (Wildman–Crippen LogP) is 1.65. The number of anilines is 1. The average molecular weight is 355 g/mol. The molecule has 138 valence electrons. The lowest BCUT2D eigenvalue weighted by Gasteiger charge is -2.46. The molecule has 2 aliphatic rings. The van der Waals surface area contributed by atoms with Crippen molar-refractivity contribution < 1.29 is 9.53 Å². The van der Waals surface area contributed by atoms with Gasteiger partial charge >= 0.3 is 0 Å². The van der Waals surface area contributed by atoms with E-state index in [-0.39, 0.29) is 11.4 Å². The zero-order valence-electron chi connectivity index (χ0n) is 15.2. The molecule has 1 saturated heterocycles. The lowest BCUT2D eigenvalue weighted by atomic mass is 9.82. The molecule has 7 nitrogen and oxygen atoms in total. The molecule has 0 aromatic carbocycles. The van der Waals surface area contributed by atoms with E-state index in [1.54, 1.807) is 13.3 Å². The molecule has 4 rings (SSSR count). The minimum atomic E-state index is -0.194. The third-order valence-electron chi connectivity index (χ3n) is 5.55. The van der Waals surface area contributed by atoms with Crippen molar-refractivity contribution in [3.05, 3.63) is 42.4 Å². The first kappa shape index (κ1) is 17.2. The van der Waals surface area contributed by atoms with Crippen molar-refractivity contribution in [2.24, 2.45) is 0 Å². The van der Waals surface area contributed by atoms with Gasteiger partial charge in [0.05, 0.1) is 37.0 Å². The summed E-state index contributed by atoms with van der Waals surface area (Å²) in [5, 5.41) is 4.59. The fourth-order valence-corrected chi connectivity index (χ4v) is 4.10. The molecule has 0 saturated carbocycles. The molecule has 0 N–H and O–H groups in total. The first-order valence-electron chi connectivity index (χ1n) is 9.18. The van der Waals surface area contributed by atoms with Crippen molar-refractivity contribution in [3.8, 4) is 0 Å². The van der Waals surface area contributed by atoms with Crippen molar-refractivity contribution in [1.82, 2.24) is 19.7 Å². The highest BCUT2D eigenvalue weighted by Crippen LogP contribution is 2.40. The van der Waals surface area contributed by atoms with Crippen molar-refractivity contribution >= 4 is 11.7 Å². The number of hydrogen-bond acceptors (Lipinski definition) is 5. The van der Waals surface area contributed by atoms with Crippen LogP contribution in [-0.2, 0) is 21.6 Å². The number of fused-ring (bicyclic) bond motifs is 2. The molecule has 0 aliphatic carbocycles. The number of ether oxygens (including phenoxy) is 1. The van der Waals surface area contributed by atoms with Crippen LogP contribution in [0.1, 0.15) is 25.0 Å². The molecule has 1 fully saturated rings. The van der Waals surface area contributed by atoms with Crippen LogP contribution in [0.2, 0.25) is 0 Å². The third-order valence-corrected chi connectivity index (χ3v) is 5.55. The summed E-state index contributed by atoms with van der Waals surface area (Å²) in [6, 6.07) is 7.97. The van der Waals surface area contributed by atoms with Gasteiger partial charge in [-0.3, -0.25) is 19.6 Å². The molecular formula is C19H25N5O2. The summed E-state index contributed by atoms with van der Waals surface area (Å²) in [7, 11) is 1.66. The number of hydrogen-bond donors (Lipinski definition) is 0. The molecular weight excluding hydrogens is 330 g/mol. The summed E-state index contributed by atoms with van der Waals surface area (Å²) < 4.78 is 7.24. The molecule has 2 aromatic rings. The van der Waals surface area contributed by atoms with Gasteiger partial charge in [-0.15, -0.1) is 0 Å². The highest BCUT2D eigenvalue weighted by Gasteiger charge is 2.45. The Morgan fingerprint density at radius 2 is 2.04 bits per heavy atom. The van der Waals surface area contributed by atoms with Crippen LogP contribution in [0.25, 0.3) is 0 Å². The minimum Gasteiger partial charge on any atom is -0.383 e. The number of carbonyl (C=O) groups is 1. The highest BCUT2D eigenvalue weighted by atomic mass is 16.5. The molecule has 2 aliphatic heterocycles. The Bertz CT molecular complexity index is 752. The number of pyridine rings is 1. The molecule has 26 heavy (non-hydrogen) atoms. The highest BCUT2D eigenvalue weighted by molar-refractivity contribution is 5.94. The van der Waals surface area contributed by atoms with E-state index in [0.717, 1.165) is 44.0 Å². The van der Waals surface area contributed by atoms with E-state index in [1.807, 2.05) is 29.3 Å². The average Bonchev–Trinajstić information content (AvgIpc) is 3.15. The maximum atomic E-state index is 12.8. The second kappa shape index (κ2) is 7.17. The second-order valence-electron chi connectivity index (χ2n) is 7.14. The molecule has 2 aromatic heterocycles. The number of aromatic nitrogens is 3. The van der Waals surface area contributed by atoms with Crippen molar-refractivity contribution in [2.75, 3.05) is 38.3 Å². The van der Waals surface area contributed by atoms with Crippen molar-refractivity contribution in [2.45, 2.75) is 31.3 Å². The summed E-state index contributed by atoms with van der Waals surface area (Å²) in [4.78, 5) is 21.5. The number of nitrogens with zero attached hydrogens (tertiary/aromatic N) is 5. The van der Waals surface area contributed by atoms with Gasteiger partial charge < -0.3 is 4.74 Å². The number of rotatable bonds is 5. The zero-order chi connectivity index (χ0) is 18.0. The van der Waals surface area contributed by atoms with Gasteiger partial charge in [-0.05, 0) is 25.0 Å². The number of piperidine rings is 1. The third kappa shape index (κ3) is 3.12. The fourth-order valence-electron chi connectivity index (χ4n) is 4.10. The largest absolute Gasteiger partial charge is 0.383 e. The van der Waals surface area contributed by atoms with Gasteiger partial charge in [0, 0.05) is 39.0 Å². The van der Waals surface area contributed by atoms with Crippen LogP contribution in [0.15, 0.2) is 36.7 Å². The number of carbonyl (C=O) groups excluding carboxylic acids is 1. The van der Waals surface area contributed by atoms with E-state index in [4.69, 9.17) is 4.74 Å². The summed E-state index contributed by atoms with van der Waals surface area (Å²) in [5.41, 5.74) is 0.897. The zero-order valence-corrected chi connectivity index (χ0v) is 15.2. The van der Waals surface area contributed by atoms with E-state index in [0.29, 0.717) is 19.6 Å². The number of methoxy groups -OCH3 is 1. The Kier molecular flexibility index (Phi) is 4.74. The summed E-state index contributed by atoms with van der Waals surface area (Å²) in [6.45, 7) is 3.85. The first-order valence-corrected chi connectivity index (χ1v) is 9.18. The van der Waals surface area contributed by atoms with Crippen molar-refractivity contribution in [1.29, 1.82) is 0 Å². The molecule has 1 spiro atoms. The van der Waals surface area contributed by atoms with Gasteiger partial charge in [-0.2, -0.15) is 5.10 Å². The van der Waals surface area contributed by atoms with Gasteiger partial charge in [-0.1, -0.05) is 6.07 Å². The molecule has 7 heteroatoms. The van der Waals surface area contributed by atoms with Gasteiger partial charge in [0.1, 0.15) is 5.82 Å². The van der Waals surface area contributed by atoms with Gasteiger partial charge in [-0.25, -0.2) is 4.68 Å². The molecule has 4 heterocycles. The first-order chi connectivity index (χ1) is 12.7. The lowest BCUT2D eigenvalue weighted by molar-refractivity contribution is -0.123. The van der Waals surface area contributed by atoms with Crippen LogP contribution in [0.5, 0.6) is 0 Å². The molecule has 1 amide bonds. The minimum absolute atomic E-state index is 0.174. The van der Waals surface area contributed by atoms with Crippen LogP contribution in [-0.4, -0.2) is 58.9 Å².